The van der Waals surface area contributed by atoms with Gasteiger partial charge < -0.3 is 21.7 Å². The number of carbonyl (C=O) groups excluding carboxylic acids is 2. The van der Waals surface area contributed by atoms with Gasteiger partial charge in [-0.15, -0.1) is 12.4 Å². The maximum Gasteiger partial charge on any atom is 0.239 e. The van der Waals surface area contributed by atoms with Crippen molar-refractivity contribution in [1.82, 2.24) is 15.6 Å². The fourth-order valence-corrected chi connectivity index (χ4v) is 1.99. The van der Waals surface area contributed by atoms with Gasteiger partial charge in [-0.25, -0.2) is 0 Å². The fraction of sp³-hybridized carbons (Fsp3) is 0.176. The normalized spacial score (nSPS) is 9.54. The number of pyridine rings is 1. The second-order valence-electron chi connectivity index (χ2n) is 5.26. The van der Waals surface area contributed by atoms with Crippen molar-refractivity contribution in [3.05, 3.63) is 59.9 Å². The molecule has 1 heterocycles. The zero-order valence-electron chi connectivity index (χ0n) is 14.0. The van der Waals surface area contributed by atoms with Crippen LogP contribution in [0.2, 0.25) is 0 Å². The van der Waals surface area contributed by atoms with Crippen molar-refractivity contribution in [3.63, 3.8) is 0 Å². The van der Waals surface area contributed by atoms with Crippen molar-refractivity contribution in [2.24, 2.45) is 5.73 Å². The van der Waals surface area contributed by atoms with Gasteiger partial charge in [0.25, 0.3) is 0 Å². The molecule has 0 saturated heterocycles. The van der Waals surface area contributed by atoms with E-state index >= 15 is 0 Å². The minimum atomic E-state index is -0.315. The first-order chi connectivity index (χ1) is 12.0. The summed E-state index contributed by atoms with van der Waals surface area (Å²) in [6, 6.07) is 10.5. The highest BCUT2D eigenvalue weighted by molar-refractivity contribution is 5.96. The Balaban J connectivity index is 0.00000338. The maximum atomic E-state index is 11.8. The van der Waals surface area contributed by atoms with Gasteiger partial charge in [0.05, 0.1) is 13.1 Å². The first-order valence-corrected chi connectivity index (χ1v) is 7.65. The molecule has 6 N–H and O–H groups in total. The van der Waals surface area contributed by atoms with Crippen molar-refractivity contribution in [2.75, 3.05) is 18.4 Å². The number of hydrogen-bond donors (Lipinski definition) is 5. The van der Waals surface area contributed by atoms with E-state index in [0.29, 0.717) is 17.8 Å². The molecule has 0 spiro atoms. The van der Waals surface area contributed by atoms with E-state index in [0.717, 1.165) is 5.56 Å². The van der Waals surface area contributed by atoms with Gasteiger partial charge in [0.1, 0.15) is 5.84 Å². The van der Waals surface area contributed by atoms with Gasteiger partial charge in [-0.3, -0.25) is 20.0 Å². The van der Waals surface area contributed by atoms with E-state index in [-0.39, 0.29) is 43.1 Å². The molecular formula is C17H21ClN6O2. The van der Waals surface area contributed by atoms with Crippen LogP contribution < -0.4 is 21.7 Å². The fourth-order valence-electron chi connectivity index (χ4n) is 1.99. The number of aromatic nitrogens is 1. The van der Waals surface area contributed by atoms with Gasteiger partial charge in [-0.1, -0.05) is 18.2 Å². The molecule has 0 bridgehead atoms. The van der Waals surface area contributed by atoms with Crippen LogP contribution in [0, 0.1) is 5.41 Å². The molecule has 1 aromatic carbocycles. The van der Waals surface area contributed by atoms with Gasteiger partial charge in [-0.05, 0) is 23.8 Å². The number of hydrogen-bond acceptors (Lipinski definition) is 5. The predicted molar refractivity (Wildman–Crippen MR) is 102 cm³/mol. The molecule has 0 saturated carbocycles. The first-order valence-electron chi connectivity index (χ1n) is 7.65. The lowest BCUT2D eigenvalue weighted by Gasteiger charge is -2.09. The van der Waals surface area contributed by atoms with E-state index in [2.05, 4.69) is 20.9 Å². The highest BCUT2D eigenvalue weighted by Gasteiger charge is 2.06. The highest BCUT2D eigenvalue weighted by Crippen LogP contribution is 2.09. The summed E-state index contributed by atoms with van der Waals surface area (Å²) in [4.78, 5) is 27.5. The number of carbonyl (C=O) groups is 2. The van der Waals surface area contributed by atoms with Crippen LogP contribution in [0.15, 0.2) is 48.8 Å². The molecule has 9 heteroatoms. The number of amides is 2. The van der Waals surface area contributed by atoms with Crippen molar-refractivity contribution in [2.45, 2.75) is 6.54 Å². The Bertz CT molecular complexity index is 754. The number of halogens is 1. The molecule has 0 unspecified atom stereocenters. The molecule has 2 amide bonds. The first kappa shape index (κ1) is 20.9. The van der Waals surface area contributed by atoms with Gasteiger partial charge in [0.15, 0.2) is 0 Å². The number of nitrogens with one attached hydrogen (secondary N) is 4. The average Bonchev–Trinajstić information content (AvgIpc) is 2.64. The molecule has 2 aromatic rings. The van der Waals surface area contributed by atoms with Crippen molar-refractivity contribution in [3.8, 4) is 0 Å². The molecule has 2 rings (SSSR count). The molecule has 0 aliphatic rings. The van der Waals surface area contributed by atoms with Crippen LogP contribution in [0.5, 0.6) is 0 Å². The lowest BCUT2D eigenvalue weighted by molar-refractivity contribution is -0.125. The predicted octanol–water partition coefficient (Wildman–Crippen LogP) is 0.632. The summed E-state index contributed by atoms with van der Waals surface area (Å²) in [6.45, 7) is 0.268. The van der Waals surface area contributed by atoms with E-state index in [1.165, 1.54) is 0 Å². The number of benzene rings is 1. The summed E-state index contributed by atoms with van der Waals surface area (Å²) in [5.41, 5.74) is 7.54. The second-order valence-corrected chi connectivity index (χ2v) is 5.26. The highest BCUT2D eigenvalue weighted by atomic mass is 35.5. The summed E-state index contributed by atoms with van der Waals surface area (Å²) in [5, 5.41) is 15.5. The zero-order valence-corrected chi connectivity index (χ0v) is 14.8. The lowest BCUT2D eigenvalue weighted by atomic mass is 10.2. The van der Waals surface area contributed by atoms with E-state index in [1.807, 2.05) is 6.07 Å². The molecular weight excluding hydrogens is 356 g/mol. The standard InChI is InChI=1S/C17H20N6O2.ClH/c18-17(19)13-4-1-5-14(7-13)21-10-15(24)23-11-16(25)22-9-12-3-2-6-20-8-12;/h1-8,21H,9-11H2,(H3,18,19)(H,22,25)(H,23,24);1H. The summed E-state index contributed by atoms with van der Waals surface area (Å²) < 4.78 is 0. The number of rotatable bonds is 8. The quantitative estimate of drug-likeness (QED) is 0.340. The van der Waals surface area contributed by atoms with Gasteiger partial charge in [0, 0.05) is 30.2 Å². The lowest BCUT2D eigenvalue weighted by Crippen LogP contribution is -2.39. The van der Waals surface area contributed by atoms with Crippen molar-refractivity contribution >= 4 is 35.7 Å². The van der Waals surface area contributed by atoms with E-state index in [4.69, 9.17) is 11.1 Å². The summed E-state index contributed by atoms with van der Waals surface area (Å²) in [5.74, 6) is -0.640. The Kier molecular flexibility index (Phi) is 8.59. The Hall–Kier alpha value is -3.13. The Morgan fingerprint density at radius 2 is 1.85 bits per heavy atom. The van der Waals surface area contributed by atoms with Crippen LogP contribution in [-0.4, -0.2) is 35.7 Å². The Morgan fingerprint density at radius 3 is 2.54 bits per heavy atom. The van der Waals surface area contributed by atoms with Gasteiger partial charge >= 0.3 is 0 Å². The molecule has 0 radical (unpaired) electrons. The average molecular weight is 377 g/mol. The van der Waals surface area contributed by atoms with Crippen LogP contribution in [0.4, 0.5) is 5.69 Å². The number of nitrogen functional groups attached to an aromatic ring is 1. The van der Waals surface area contributed by atoms with Gasteiger partial charge in [-0.2, -0.15) is 0 Å². The molecule has 8 nitrogen and oxygen atoms in total. The Morgan fingerprint density at radius 1 is 1.08 bits per heavy atom. The van der Waals surface area contributed by atoms with Gasteiger partial charge in [0.2, 0.25) is 11.8 Å². The molecule has 138 valence electrons. The summed E-state index contributed by atoms with van der Waals surface area (Å²) >= 11 is 0. The summed E-state index contributed by atoms with van der Waals surface area (Å²) in [6.07, 6.45) is 3.32. The molecule has 0 fully saturated rings. The third-order valence-corrected chi connectivity index (χ3v) is 3.29. The second kappa shape index (κ2) is 10.7. The minimum absolute atomic E-state index is 0. The third kappa shape index (κ3) is 7.18. The van der Waals surface area contributed by atoms with Crippen LogP contribution in [0.3, 0.4) is 0 Å². The Labute approximate surface area is 157 Å². The van der Waals surface area contributed by atoms with Crippen LogP contribution in [-0.2, 0) is 16.1 Å². The summed E-state index contributed by atoms with van der Waals surface area (Å²) in [7, 11) is 0. The number of nitrogens with zero attached hydrogens (tertiary/aromatic N) is 1. The molecule has 1 aromatic heterocycles. The smallest absolute Gasteiger partial charge is 0.239 e. The van der Waals surface area contributed by atoms with E-state index in [9.17, 15) is 9.59 Å². The van der Waals surface area contributed by atoms with Crippen molar-refractivity contribution < 1.29 is 9.59 Å². The monoisotopic (exact) mass is 376 g/mol. The van der Waals surface area contributed by atoms with Crippen LogP contribution in [0.1, 0.15) is 11.1 Å². The van der Waals surface area contributed by atoms with Crippen LogP contribution in [0.25, 0.3) is 0 Å². The largest absolute Gasteiger partial charge is 0.384 e. The van der Waals surface area contributed by atoms with Crippen molar-refractivity contribution in [1.29, 1.82) is 5.41 Å². The third-order valence-electron chi connectivity index (χ3n) is 3.29. The molecule has 0 atom stereocenters. The van der Waals surface area contributed by atoms with Crippen LogP contribution >= 0.6 is 12.4 Å². The molecule has 26 heavy (non-hydrogen) atoms. The maximum absolute atomic E-state index is 11.8. The molecule has 0 aliphatic heterocycles. The van der Waals surface area contributed by atoms with E-state index in [1.54, 1.807) is 42.7 Å². The number of anilines is 1. The topological polar surface area (TPSA) is 133 Å². The SMILES string of the molecule is Cl.N=C(N)c1cccc(NCC(=O)NCC(=O)NCc2cccnc2)c1. The molecule has 0 aliphatic carbocycles. The van der Waals surface area contributed by atoms with E-state index < -0.39 is 0 Å². The minimum Gasteiger partial charge on any atom is -0.384 e. The zero-order chi connectivity index (χ0) is 18.1. The number of amidine groups is 1. The number of nitrogens with two attached hydrogens (primary N) is 1.